The van der Waals surface area contributed by atoms with Gasteiger partial charge in [-0.25, -0.2) is 4.79 Å². The van der Waals surface area contributed by atoms with Crippen LogP contribution in [-0.2, 0) is 4.79 Å². The van der Waals surface area contributed by atoms with Gasteiger partial charge in [0.25, 0.3) is 0 Å². The summed E-state index contributed by atoms with van der Waals surface area (Å²) in [6.07, 6.45) is 0. The zero-order valence-corrected chi connectivity index (χ0v) is 11.4. The van der Waals surface area contributed by atoms with Crippen LogP contribution in [0.1, 0.15) is 15.9 Å². The molecule has 0 aromatic heterocycles. The third-order valence-electron chi connectivity index (χ3n) is 2.97. The molecule has 1 unspecified atom stereocenters. The number of nitrogens with one attached hydrogen (secondary N) is 2. The molecule has 1 aromatic carbocycles. The van der Waals surface area contributed by atoms with Gasteiger partial charge in [0.1, 0.15) is 0 Å². The average Bonchev–Trinajstić information content (AvgIpc) is 2.41. The van der Waals surface area contributed by atoms with Gasteiger partial charge in [0.05, 0.1) is 11.6 Å². The second-order valence-electron chi connectivity index (χ2n) is 4.41. The molecule has 1 amide bonds. The number of hydrogen-bond acceptors (Lipinski definition) is 4. The van der Waals surface area contributed by atoms with Crippen LogP contribution in [0.2, 0.25) is 0 Å². The van der Waals surface area contributed by atoms with Crippen molar-refractivity contribution in [3.05, 3.63) is 29.3 Å². The van der Waals surface area contributed by atoms with Crippen LogP contribution in [0, 0.1) is 6.92 Å². The summed E-state index contributed by atoms with van der Waals surface area (Å²) in [4.78, 5) is 22.9. The Balaban J connectivity index is 2.06. The number of carbonyl (C=O) groups is 2. The van der Waals surface area contributed by atoms with Crippen molar-refractivity contribution < 1.29 is 14.7 Å². The minimum Gasteiger partial charge on any atom is -0.478 e. The molecule has 1 aliphatic heterocycles. The molecule has 1 aliphatic rings. The van der Waals surface area contributed by atoms with E-state index in [1.54, 1.807) is 30.8 Å². The van der Waals surface area contributed by atoms with E-state index in [1.807, 2.05) is 0 Å². The molecule has 5 nitrogen and oxygen atoms in total. The minimum absolute atomic E-state index is 0.0709. The molecule has 3 N–H and O–H groups in total. The molecule has 1 heterocycles. The van der Waals surface area contributed by atoms with Gasteiger partial charge in [0, 0.05) is 23.7 Å². The standard InChI is InChI=1S/C13H16N2O3S/c1-8-6-9(13(17)18)2-3-10(8)15-12(16)11-7-19-5-4-14-11/h2-3,6,11,14H,4-5,7H2,1H3,(H,15,16)(H,17,18). The summed E-state index contributed by atoms with van der Waals surface area (Å²) < 4.78 is 0. The summed E-state index contributed by atoms with van der Waals surface area (Å²) in [6, 6.07) is 4.50. The molecule has 0 radical (unpaired) electrons. The monoisotopic (exact) mass is 280 g/mol. The van der Waals surface area contributed by atoms with E-state index in [-0.39, 0.29) is 17.5 Å². The van der Waals surface area contributed by atoms with Crippen LogP contribution in [0.3, 0.4) is 0 Å². The highest BCUT2D eigenvalue weighted by Crippen LogP contribution is 2.18. The number of anilines is 1. The van der Waals surface area contributed by atoms with E-state index in [2.05, 4.69) is 10.6 Å². The number of rotatable bonds is 3. The summed E-state index contributed by atoms with van der Waals surface area (Å²) in [5, 5.41) is 14.9. The lowest BCUT2D eigenvalue weighted by molar-refractivity contribution is -0.117. The van der Waals surface area contributed by atoms with Crippen molar-refractivity contribution in [2.45, 2.75) is 13.0 Å². The Hall–Kier alpha value is -1.53. The summed E-state index contributed by atoms with van der Waals surface area (Å²) in [5.74, 6) is 0.749. The highest BCUT2D eigenvalue weighted by molar-refractivity contribution is 7.99. The molecular formula is C13H16N2O3S. The predicted octanol–water partition coefficient (Wildman–Crippen LogP) is 1.34. The summed E-state index contributed by atoms with van der Waals surface area (Å²) in [7, 11) is 0. The highest BCUT2D eigenvalue weighted by Gasteiger charge is 2.21. The van der Waals surface area contributed by atoms with Crippen LogP contribution < -0.4 is 10.6 Å². The number of aryl methyl sites for hydroxylation is 1. The zero-order valence-electron chi connectivity index (χ0n) is 10.6. The Labute approximate surface area is 115 Å². The van der Waals surface area contributed by atoms with Crippen LogP contribution in [-0.4, -0.2) is 41.1 Å². The Morgan fingerprint density at radius 3 is 2.84 bits per heavy atom. The van der Waals surface area contributed by atoms with Crippen LogP contribution in [0.4, 0.5) is 5.69 Å². The SMILES string of the molecule is Cc1cc(C(=O)O)ccc1NC(=O)C1CSCCN1. The number of carbonyl (C=O) groups excluding carboxylic acids is 1. The number of amides is 1. The molecule has 1 saturated heterocycles. The summed E-state index contributed by atoms with van der Waals surface area (Å²) in [6.45, 7) is 2.62. The lowest BCUT2D eigenvalue weighted by atomic mass is 10.1. The molecule has 1 fully saturated rings. The number of hydrogen-bond donors (Lipinski definition) is 3. The molecule has 0 bridgehead atoms. The van der Waals surface area contributed by atoms with E-state index >= 15 is 0 Å². The number of aromatic carboxylic acids is 1. The van der Waals surface area contributed by atoms with Gasteiger partial charge in [-0.15, -0.1) is 0 Å². The maximum atomic E-state index is 12.0. The Morgan fingerprint density at radius 1 is 1.47 bits per heavy atom. The first-order valence-corrected chi connectivity index (χ1v) is 7.19. The Morgan fingerprint density at radius 2 is 2.26 bits per heavy atom. The first-order chi connectivity index (χ1) is 9.08. The number of carboxylic acid groups (broad SMARTS) is 1. The van der Waals surface area contributed by atoms with Gasteiger partial charge in [0.2, 0.25) is 5.91 Å². The third-order valence-corrected chi connectivity index (χ3v) is 4.03. The number of carboxylic acids is 1. The summed E-state index contributed by atoms with van der Waals surface area (Å²) >= 11 is 1.75. The van der Waals surface area contributed by atoms with Crippen LogP contribution in [0.5, 0.6) is 0 Å². The quantitative estimate of drug-likeness (QED) is 0.778. The highest BCUT2D eigenvalue weighted by atomic mass is 32.2. The van der Waals surface area contributed by atoms with E-state index in [1.165, 1.54) is 6.07 Å². The first kappa shape index (κ1) is 13.9. The predicted molar refractivity (Wildman–Crippen MR) is 75.9 cm³/mol. The molecule has 0 spiro atoms. The topological polar surface area (TPSA) is 78.4 Å². The molecule has 0 aliphatic carbocycles. The molecule has 102 valence electrons. The Bertz CT molecular complexity index is 499. The van der Waals surface area contributed by atoms with Gasteiger partial charge in [-0.1, -0.05) is 0 Å². The van der Waals surface area contributed by atoms with Gasteiger partial charge in [-0.2, -0.15) is 11.8 Å². The van der Waals surface area contributed by atoms with Gasteiger partial charge in [-0.3, -0.25) is 4.79 Å². The van der Waals surface area contributed by atoms with E-state index in [0.29, 0.717) is 5.69 Å². The molecule has 0 saturated carbocycles. The second-order valence-corrected chi connectivity index (χ2v) is 5.56. The third kappa shape index (κ3) is 3.48. The lowest BCUT2D eigenvalue weighted by Crippen LogP contribution is -2.46. The van der Waals surface area contributed by atoms with Crippen molar-refractivity contribution >= 4 is 29.3 Å². The number of benzene rings is 1. The van der Waals surface area contributed by atoms with Crippen molar-refractivity contribution in [3.63, 3.8) is 0 Å². The summed E-state index contributed by atoms with van der Waals surface area (Å²) in [5.41, 5.74) is 1.63. The molecule has 19 heavy (non-hydrogen) atoms. The van der Waals surface area contributed by atoms with Gasteiger partial charge < -0.3 is 15.7 Å². The van der Waals surface area contributed by atoms with E-state index in [4.69, 9.17) is 5.11 Å². The fourth-order valence-corrected chi connectivity index (χ4v) is 2.82. The smallest absolute Gasteiger partial charge is 0.335 e. The fourth-order valence-electron chi connectivity index (χ4n) is 1.89. The zero-order chi connectivity index (χ0) is 13.8. The van der Waals surface area contributed by atoms with E-state index in [9.17, 15) is 9.59 Å². The van der Waals surface area contributed by atoms with Crippen LogP contribution >= 0.6 is 11.8 Å². The van der Waals surface area contributed by atoms with Crippen molar-refractivity contribution in [1.82, 2.24) is 5.32 Å². The molecule has 1 aromatic rings. The molecule has 6 heteroatoms. The minimum atomic E-state index is -0.966. The second kappa shape index (κ2) is 6.08. The fraction of sp³-hybridized carbons (Fsp3) is 0.385. The van der Waals surface area contributed by atoms with Gasteiger partial charge in [0.15, 0.2) is 0 Å². The molecular weight excluding hydrogens is 264 g/mol. The Kier molecular flexibility index (Phi) is 4.44. The van der Waals surface area contributed by atoms with Crippen molar-refractivity contribution in [3.8, 4) is 0 Å². The molecule has 1 atom stereocenters. The van der Waals surface area contributed by atoms with Crippen molar-refractivity contribution in [2.24, 2.45) is 0 Å². The first-order valence-electron chi connectivity index (χ1n) is 6.04. The van der Waals surface area contributed by atoms with Crippen molar-refractivity contribution in [1.29, 1.82) is 0 Å². The largest absolute Gasteiger partial charge is 0.478 e. The van der Waals surface area contributed by atoms with Crippen LogP contribution in [0.15, 0.2) is 18.2 Å². The maximum Gasteiger partial charge on any atom is 0.335 e. The average molecular weight is 280 g/mol. The lowest BCUT2D eigenvalue weighted by Gasteiger charge is -2.22. The number of thioether (sulfide) groups is 1. The molecule has 2 rings (SSSR count). The van der Waals surface area contributed by atoms with Crippen molar-refractivity contribution in [2.75, 3.05) is 23.4 Å². The van der Waals surface area contributed by atoms with Gasteiger partial charge in [-0.05, 0) is 30.7 Å². The maximum absolute atomic E-state index is 12.0. The van der Waals surface area contributed by atoms with Gasteiger partial charge >= 0.3 is 5.97 Å². The van der Waals surface area contributed by atoms with Crippen LogP contribution in [0.25, 0.3) is 0 Å². The van der Waals surface area contributed by atoms with E-state index < -0.39 is 5.97 Å². The normalized spacial score (nSPS) is 18.9. The van der Waals surface area contributed by atoms with E-state index in [0.717, 1.165) is 23.6 Å².